The summed E-state index contributed by atoms with van der Waals surface area (Å²) in [7, 11) is 1.39. The third kappa shape index (κ3) is 4.32. The van der Waals surface area contributed by atoms with Gasteiger partial charge in [-0.2, -0.15) is 4.39 Å². The number of hydrogen-bond donors (Lipinski definition) is 3. The third-order valence-corrected chi connectivity index (χ3v) is 5.70. The maximum Gasteiger partial charge on any atom is 0.255 e. The van der Waals surface area contributed by atoms with Gasteiger partial charge in [0.25, 0.3) is 5.91 Å². The zero-order valence-corrected chi connectivity index (χ0v) is 17.3. The van der Waals surface area contributed by atoms with Crippen LogP contribution in [0.4, 0.5) is 8.78 Å². The number of nitrogens with one attached hydrogen (secondary N) is 2. The summed E-state index contributed by atoms with van der Waals surface area (Å²) >= 11 is 5.96. The highest BCUT2D eigenvalue weighted by atomic mass is 35.5. The second-order valence-electron chi connectivity index (χ2n) is 7.40. The number of carbonyl (C=O) groups excluding carboxylic acids is 1. The maximum absolute atomic E-state index is 14.0. The van der Waals surface area contributed by atoms with Gasteiger partial charge in [0.15, 0.2) is 0 Å². The summed E-state index contributed by atoms with van der Waals surface area (Å²) in [6, 6.07) is 7.87. The van der Waals surface area contributed by atoms with Gasteiger partial charge in [-0.3, -0.25) is 4.79 Å². The number of ether oxygens (including phenoxy) is 1. The number of pyridine rings is 1. The molecule has 2 aromatic carbocycles. The van der Waals surface area contributed by atoms with Gasteiger partial charge in [0.1, 0.15) is 11.6 Å². The molecular formula is C22H20ClF2N3O3. The van der Waals surface area contributed by atoms with E-state index < -0.39 is 29.8 Å². The first-order chi connectivity index (χ1) is 14.9. The lowest BCUT2D eigenvalue weighted by Gasteiger charge is -2.26. The summed E-state index contributed by atoms with van der Waals surface area (Å²) in [6.07, 6.45) is 1.15. The predicted octanol–water partition coefficient (Wildman–Crippen LogP) is 3.37. The Morgan fingerprint density at radius 1 is 1.32 bits per heavy atom. The zero-order chi connectivity index (χ0) is 22.1. The first-order valence-corrected chi connectivity index (χ1v) is 10.0. The monoisotopic (exact) mass is 447 g/mol. The van der Waals surface area contributed by atoms with E-state index in [0.29, 0.717) is 23.9 Å². The SMILES string of the molecule is COc1cc2c(F)nccc2cc1C(=O)N[C@H](c1ccc(F)c(Cl)c1)[C@@H]1C[C@@H](O)CN1. The van der Waals surface area contributed by atoms with Crippen LogP contribution in [0.15, 0.2) is 42.6 Å². The average Bonchev–Trinajstić information content (AvgIpc) is 3.19. The molecule has 3 N–H and O–H groups in total. The second-order valence-corrected chi connectivity index (χ2v) is 7.81. The van der Waals surface area contributed by atoms with Crippen LogP contribution in [0.3, 0.4) is 0 Å². The molecule has 1 amide bonds. The molecule has 6 nitrogen and oxygen atoms in total. The van der Waals surface area contributed by atoms with Crippen LogP contribution in [0.2, 0.25) is 5.02 Å². The van der Waals surface area contributed by atoms with E-state index in [1.54, 1.807) is 6.07 Å². The van der Waals surface area contributed by atoms with Gasteiger partial charge >= 0.3 is 0 Å². The molecule has 3 atom stereocenters. The molecule has 2 heterocycles. The van der Waals surface area contributed by atoms with Gasteiger partial charge < -0.3 is 20.5 Å². The molecular weight excluding hydrogens is 428 g/mol. The highest BCUT2D eigenvalue weighted by Crippen LogP contribution is 2.30. The molecule has 0 saturated carbocycles. The summed E-state index contributed by atoms with van der Waals surface area (Å²) in [4.78, 5) is 16.9. The fraction of sp³-hybridized carbons (Fsp3) is 0.273. The molecule has 0 bridgehead atoms. The Hall–Kier alpha value is -2.81. The van der Waals surface area contributed by atoms with Crippen molar-refractivity contribution in [1.29, 1.82) is 0 Å². The number of rotatable bonds is 5. The second kappa shape index (κ2) is 8.74. The van der Waals surface area contributed by atoms with Gasteiger partial charge in [-0.15, -0.1) is 0 Å². The maximum atomic E-state index is 14.0. The van der Waals surface area contributed by atoms with Crippen molar-refractivity contribution >= 4 is 28.3 Å². The summed E-state index contributed by atoms with van der Waals surface area (Å²) < 4.78 is 33.0. The highest BCUT2D eigenvalue weighted by Gasteiger charge is 2.32. The van der Waals surface area contributed by atoms with Crippen molar-refractivity contribution in [1.82, 2.24) is 15.6 Å². The molecule has 3 aromatic rings. The predicted molar refractivity (Wildman–Crippen MR) is 112 cm³/mol. The van der Waals surface area contributed by atoms with E-state index in [9.17, 15) is 18.7 Å². The van der Waals surface area contributed by atoms with Crippen molar-refractivity contribution in [3.05, 3.63) is 70.5 Å². The number of aliphatic hydroxyl groups excluding tert-OH is 1. The number of aliphatic hydroxyl groups is 1. The Bertz CT molecular complexity index is 1140. The van der Waals surface area contributed by atoms with E-state index in [2.05, 4.69) is 15.6 Å². The number of β-amino-alcohol motifs (C(OH)–C–C–N with tert-alkyl or cyclic N) is 1. The molecule has 0 aliphatic carbocycles. The minimum absolute atomic E-state index is 0.0680. The van der Waals surface area contributed by atoms with Crippen LogP contribution >= 0.6 is 11.6 Å². The normalized spacial score (nSPS) is 19.4. The van der Waals surface area contributed by atoms with E-state index in [-0.39, 0.29) is 27.8 Å². The van der Waals surface area contributed by atoms with Crippen molar-refractivity contribution in [2.45, 2.75) is 24.6 Å². The fourth-order valence-corrected chi connectivity index (χ4v) is 4.04. The number of nitrogens with zero attached hydrogens (tertiary/aromatic N) is 1. The highest BCUT2D eigenvalue weighted by molar-refractivity contribution is 6.30. The van der Waals surface area contributed by atoms with Gasteiger partial charge in [-0.25, -0.2) is 9.37 Å². The number of amides is 1. The summed E-state index contributed by atoms with van der Waals surface area (Å²) in [6.45, 7) is 0.373. The standard InChI is InChI=1S/C22H20ClF2N3O3/c1-31-19-9-14-11(4-5-26-21(14)25)6-15(19)22(30)28-20(18-8-13(29)10-27-18)12-2-3-17(24)16(23)7-12/h2-7,9,13,18,20,27,29H,8,10H2,1H3,(H,28,30)/t13-,18+,20-/m1/s1. The molecule has 0 radical (unpaired) electrons. The topological polar surface area (TPSA) is 83.5 Å². The van der Waals surface area contributed by atoms with Crippen LogP contribution in [0.5, 0.6) is 5.75 Å². The molecule has 0 unspecified atom stereocenters. The van der Waals surface area contributed by atoms with Crippen LogP contribution in [-0.4, -0.2) is 41.8 Å². The Morgan fingerprint density at radius 2 is 2.13 bits per heavy atom. The van der Waals surface area contributed by atoms with Gasteiger partial charge in [-0.1, -0.05) is 17.7 Å². The van der Waals surface area contributed by atoms with Crippen molar-refractivity contribution in [3.63, 3.8) is 0 Å². The van der Waals surface area contributed by atoms with E-state index >= 15 is 0 Å². The Labute approximate surface area is 182 Å². The lowest BCUT2D eigenvalue weighted by atomic mass is 9.96. The lowest BCUT2D eigenvalue weighted by Crippen LogP contribution is -2.41. The van der Waals surface area contributed by atoms with Crippen molar-refractivity contribution in [3.8, 4) is 5.75 Å². The Kier molecular flexibility index (Phi) is 6.04. The molecule has 1 aliphatic rings. The van der Waals surface area contributed by atoms with E-state index in [0.717, 1.165) is 0 Å². The number of halogens is 3. The summed E-state index contributed by atoms with van der Waals surface area (Å²) in [5.41, 5.74) is 0.790. The molecule has 1 saturated heterocycles. The number of fused-ring (bicyclic) bond motifs is 1. The van der Waals surface area contributed by atoms with Crippen molar-refractivity contribution in [2.24, 2.45) is 0 Å². The molecule has 1 aromatic heterocycles. The molecule has 1 fully saturated rings. The van der Waals surface area contributed by atoms with E-state index in [4.69, 9.17) is 16.3 Å². The number of methoxy groups -OCH3 is 1. The van der Waals surface area contributed by atoms with Gasteiger partial charge in [0.05, 0.1) is 29.8 Å². The Morgan fingerprint density at radius 3 is 2.81 bits per heavy atom. The van der Waals surface area contributed by atoms with Gasteiger partial charge in [0, 0.05) is 24.2 Å². The van der Waals surface area contributed by atoms with Crippen LogP contribution in [0.25, 0.3) is 10.8 Å². The summed E-state index contributed by atoms with van der Waals surface area (Å²) in [5.74, 6) is -1.51. The molecule has 1 aliphatic heterocycles. The number of benzene rings is 2. The zero-order valence-electron chi connectivity index (χ0n) is 16.5. The quantitative estimate of drug-likeness (QED) is 0.522. The first-order valence-electron chi connectivity index (χ1n) is 9.67. The minimum atomic E-state index is -0.661. The van der Waals surface area contributed by atoms with Crippen LogP contribution < -0.4 is 15.4 Å². The number of carbonyl (C=O) groups is 1. The van der Waals surface area contributed by atoms with Crippen LogP contribution in [-0.2, 0) is 0 Å². The fourth-order valence-electron chi connectivity index (χ4n) is 3.85. The van der Waals surface area contributed by atoms with Crippen LogP contribution in [0.1, 0.15) is 28.4 Å². The third-order valence-electron chi connectivity index (χ3n) is 5.41. The van der Waals surface area contributed by atoms with E-state index in [1.807, 2.05) is 0 Å². The molecule has 4 rings (SSSR count). The van der Waals surface area contributed by atoms with Crippen LogP contribution in [0, 0.1) is 11.8 Å². The smallest absolute Gasteiger partial charge is 0.255 e. The Balaban J connectivity index is 1.71. The average molecular weight is 448 g/mol. The molecule has 162 valence electrons. The first kappa shape index (κ1) is 21.4. The molecule has 9 heteroatoms. The number of hydrogen-bond acceptors (Lipinski definition) is 5. The van der Waals surface area contributed by atoms with Gasteiger partial charge in [-0.05, 0) is 47.7 Å². The largest absolute Gasteiger partial charge is 0.496 e. The molecule has 0 spiro atoms. The number of aromatic nitrogens is 1. The van der Waals surface area contributed by atoms with Crippen molar-refractivity contribution in [2.75, 3.05) is 13.7 Å². The summed E-state index contributed by atoms with van der Waals surface area (Å²) in [5, 5.41) is 16.7. The lowest BCUT2D eigenvalue weighted by molar-refractivity contribution is 0.0923. The molecule has 31 heavy (non-hydrogen) atoms. The van der Waals surface area contributed by atoms with Crippen molar-refractivity contribution < 1.29 is 23.4 Å². The van der Waals surface area contributed by atoms with Gasteiger partial charge in [0.2, 0.25) is 5.95 Å². The minimum Gasteiger partial charge on any atom is -0.496 e. The van der Waals surface area contributed by atoms with E-state index in [1.165, 1.54) is 43.6 Å².